The van der Waals surface area contributed by atoms with Crippen molar-refractivity contribution in [2.24, 2.45) is 11.8 Å². The molecule has 3 aliphatic carbocycles. The Bertz CT molecular complexity index is 811. The average molecular weight is 370 g/mol. The van der Waals surface area contributed by atoms with E-state index in [1.165, 1.54) is 21.8 Å². The minimum absolute atomic E-state index is 0.387. The maximum atomic E-state index is 12.4. The van der Waals surface area contributed by atoms with Crippen LogP contribution in [0.15, 0.2) is 11.6 Å². The Hall–Kier alpha value is -2.13. The number of nitriles is 1. The Kier molecular flexibility index (Phi) is 4.58. The highest BCUT2D eigenvalue weighted by atomic mass is 32.1. The Labute approximate surface area is 157 Å². The first-order chi connectivity index (χ1) is 12.6. The monoisotopic (exact) mass is 370 g/mol. The number of hydrogen-bond donors (Lipinski definition) is 1. The maximum absolute atomic E-state index is 12.4. The number of nitrogens with one attached hydrogen (secondary N) is 1. The van der Waals surface area contributed by atoms with Gasteiger partial charge in [-0.25, -0.2) is 4.79 Å². The van der Waals surface area contributed by atoms with E-state index in [-0.39, 0.29) is 5.91 Å². The van der Waals surface area contributed by atoms with E-state index in [4.69, 9.17) is 4.74 Å². The molecule has 2 saturated carbocycles. The second kappa shape index (κ2) is 6.88. The molecule has 5 nitrogen and oxygen atoms in total. The lowest BCUT2D eigenvalue weighted by Crippen LogP contribution is -2.29. The van der Waals surface area contributed by atoms with Crippen LogP contribution in [0, 0.1) is 23.2 Å². The molecule has 1 aromatic heterocycles. The molecular weight excluding hydrogens is 348 g/mol. The highest BCUT2D eigenvalue weighted by Crippen LogP contribution is 2.48. The van der Waals surface area contributed by atoms with Crippen molar-refractivity contribution < 1.29 is 14.3 Å². The molecule has 1 amide bonds. The Morgan fingerprint density at radius 3 is 2.58 bits per heavy atom. The molecule has 1 atom stereocenters. The fraction of sp³-hybridized carbons (Fsp3) is 0.550. The van der Waals surface area contributed by atoms with E-state index in [1.54, 1.807) is 13.0 Å². The molecule has 0 radical (unpaired) electrons. The number of rotatable bonds is 6. The number of carbonyl (C=O) groups excluding carboxylic acids is 2. The number of hydrogen-bond acceptors (Lipinski definition) is 5. The number of fused-ring (bicyclic) bond motifs is 1. The van der Waals surface area contributed by atoms with Crippen LogP contribution in [0.3, 0.4) is 0 Å². The molecule has 1 aromatic rings. The summed E-state index contributed by atoms with van der Waals surface area (Å²) in [7, 11) is 0. The van der Waals surface area contributed by atoms with Gasteiger partial charge in [-0.1, -0.05) is 5.57 Å². The zero-order valence-corrected chi connectivity index (χ0v) is 15.7. The second-order valence-electron chi connectivity index (χ2n) is 7.43. The van der Waals surface area contributed by atoms with Gasteiger partial charge in [0, 0.05) is 11.0 Å². The lowest BCUT2D eigenvalue weighted by Gasteiger charge is -2.12. The van der Waals surface area contributed by atoms with Crippen LogP contribution < -0.4 is 5.32 Å². The molecule has 1 N–H and O–H groups in total. The number of ether oxygens (including phenoxy) is 1. The van der Waals surface area contributed by atoms with Crippen LogP contribution in [0.25, 0.3) is 0 Å². The fourth-order valence-electron chi connectivity index (χ4n) is 3.62. The number of thiophene rings is 1. The zero-order valence-electron chi connectivity index (χ0n) is 14.8. The average Bonchev–Trinajstić information content (AvgIpc) is 3.52. The molecule has 136 valence electrons. The topological polar surface area (TPSA) is 79.2 Å². The Morgan fingerprint density at radius 1 is 1.27 bits per heavy atom. The van der Waals surface area contributed by atoms with Crippen LogP contribution in [-0.4, -0.2) is 18.0 Å². The second-order valence-corrected chi connectivity index (χ2v) is 8.54. The van der Waals surface area contributed by atoms with Gasteiger partial charge < -0.3 is 10.1 Å². The molecular formula is C20H22N2O3S. The van der Waals surface area contributed by atoms with Gasteiger partial charge in [0.25, 0.3) is 5.91 Å². The van der Waals surface area contributed by atoms with Crippen molar-refractivity contribution in [2.45, 2.75) is 58.0 Å². The predicted octanol–water partition coefficient (Wildman–Crippen LogP) is 3.73. The van der Waals surface area contributed by atoms with Gasteiger partial charge in [0.15, 0.2) is 6.10 Å². The summed E-state index contributed by atoms with van der Waals surface area (Å²) >= 11 is 1.47. The summed E-state index contributed by atoms with van der Waals surface area (Å²) in [5.74, 6) is 0.273. The van der Waals surface area contributed by atoms with Gasteiger partial charge in [-0.05, 0) is 69.3 Å². The van der Waals surface area contributed by atoms with Crippen LogP contribution in [0.4, 0.5) is 5.00 Å². The smallest absolute Gasteiger partial charge is 0.331 e. The zero-order chi connectivity index (χ0) is 18.3. The van der Waals surface area contributed by atoms with Crippen molar-refractivity contribution >= 4 is 28.2 Å². The SMILES string of the molecule is CC(OC(=O)C=C(C1CC1)C1CC1)C(=O)Nc1sc2c(c1C#N)CCC2. The Morgan fingerprint density at radius 2 is 1.96 bits per heavy atom. The molecule has 1 heterocycles. The van der Waals surface area contributed by atoms with Gasteiger partial charge in [-0.2, -0.15) is 5.26 Å². The molecule has 0 aliphatic heterocycles. The third-order valence-corrected chi connectivity index (χ3v) is 6.52. The number of allylic oxidation sites excluding steroid dienone is 1. The first-order valence-electron chi connectivity index (χ1n) is 9.34. The number of aryl methyl sites for hydroxylation is 1. The third kappa shape index (κ3) is 3.54. The van der Waals surface area contributed by atoms with Crippen molar-refractivity contribution in [3.05, 3.63) is 27.7 Å². The van der Waals surface area contributed by atoms with E-state index in [0.717, 1.165) is 50.5 Å². The third-order valence-electron chi connectivity index (χ3n) is 5.31. The highest BCUT2D eigenvalue weighted by molar-refractivity contribution is 7.16. The molecule has 2 fully saturated rings. The fourth-order valence-corrected chi connectivity index (χ4v) is 4.87. The van der Waals surface area contributed by atoms with Gasteiger partial charge in [-0.15, -0.1) is 11.3 Å². The summed E-state index contributed by atoms with van der Waals surface area (Å²) in [5.41, 5.74) is 2.85. The van der Waals surface area contributed by atoms with E-state index in [1.807, 2.05) is 0 Å². The minimum atomic E-state index is -0.887. The van der Waals surface area contributed by atoms with Crippen molar-refractivity contribution in [1.82, 2.24) is 0 Å². The molecule has 0 aromatic carbocycles. The quantitative estimate of drug-likeness (QED) is 0.611. The van der Waals surface area contributed by atoms with Crippen LogP contribution >= 0.6 is 11.3 Å². The van der Waals surface area contributed by atoms with Gasteiger partial charge in [0.2, 0.25) is 0 Å². The first kappa shape index (κ1) is 17.3. The largest absolute Gasteiger partial charge is 0.449 e. The van der Waals surface area contributed by atoms with Gasteiger partial charge >= 0.3 is 5.97 Å². The summed E-state index contributed by atoms with van der Waals surface area (Å²) < 4.78 is 5.32. The van der Waals surface area contributed by atoms with Gasteiger partial charge in [0.1, 0.15) is 11.1 Å². The maximum Gasteiger partial charge on any atom is 0.331 e. The van der Waals surface area contributed by atoms with Crippen LogP contribution in [0.2, 0.25) is 0 Å². The van der Waals surface area contributed by atoms with Gasteiger partial charge in [-0.3, -0.25) is 4.79 Å². The number of nitrogens with zero attached hydrogens (tertiary/aromatic N) is 1. The molecule has 1 unspecified atom stereocenters. The molecule has 26 heavy (non-hydrogen) atoms. The highest BCUT2D eigenvalue weighted by Gasteiger charge is 2.37. The summed E-state index contributed by atoms with van der Waals surface area (Å²) in [6.07, 6.45) is 8.28. The predicted molar refractivity (Wildman–Crippen MR) is 98.8 cm³/mol. The van der Waals surface area contributed by atoms with E-state index < -0.39 is 12.1 Å². The van der Waals surface area contributed by atoms with E-state index in [0.29, 0.717) is 22.4 Å². The van der Waals surface area contributed by atoms with Crippen LogP contribution in [0.5, 0.6) is 0 Å². The number of amides is 1. The first-order valence-corrected chi connectivity index (χ1v) is 10.2. The van der Waals surface area contributed by atoms with Crippen molar-refractivity contribution in [1.29, 1.82) is 5.26 Å². The van der Waals surface area contributed by atoms with Gasteiger partial charge in [0.05, 0.1) is 5.56 Å². The minimum Gasteiger partial charge on any atom is -0.449 e. The molecule has 0 saturated heterocycles. The molecule has 3 aliphatic rings. The summed E-state index contributed by atoms with van der Waals surface area (Å²) in [5, 5.41) is 12.8. The Balaban J connectivity index is 1.38. The molecule has 0 bridgehead atoms. The molecule has 6 heteroatoms. The van der Waals surface area contributed by atoms with Crippen LogP contribution in [-0.2, 0) is 27.2 Å². The van der Waals surface area contributed by atoms with E-state index in [2.05, 4.69) is 11.4 Å². The van der Waals surface area contributed by atoms with Crippen molar-refractivity contribution in [3.8, 4) is 6.07 Å². The lowest BCUT2D eigenvalue weighted by molar-refractivity contribution is -0.148. The summed E-state index contributed by atoms with van der Waals surface area (Å²) in [4.78, 5) is 25.8. The van der Waals surface area contributed by atoms with E-state index in [9.17, 15) is 14.9 Å². The standard InChI is InChI=1S/C20H22N2O3S/c1-11(25-18(23)9-15(12-5-6-12)13-7-8-13)19(24)22-20-16(10-21)14-3-2-4-17(14)26-20/h9,11-13H,2-8H2,1H3,(H,22,24). The van der Waals surface area contributed by atoms with Crippen LogP contribution in [0.1, 0.15) is 55.0 Å². The lowest BCUT2D eigenvalue weighted by atomic mass is 10.1. The number of anilines is 1. The molecule has 0 spiro atoms. The summed E-state index contributed by atoms with van der Waals surface area (Å²) in [6, 6.07) is 2.20. The van der Waals surface area contributed by atoms with E-state index >= 15 is 0 Å². The number of carbonyl (C=O) groups is 2. The van der Waals surface area contributed by atoms with Crippen molar-refractivity contribution in [3.63, 3.8) is 0 Å². The summed E-state index contributed by atoms with van der Waals surface area (Å²) in [6.45, 7) is 1.57. The normalized spacial score (nSPS) is 19.2. The molecule has 4 rings (SSSR count). The van der Waals surface area contributed by atoms with Crippen molar-refractivity contribution in [2.75, 3.05) is 5.32 Å². The number of esters is 1.